The lowest BCUT2D eigenvalue weighted by Gasteiger charge is -2.17. The quantitative estimate of drug-likeness (QED) is 0.573. The van der Waals surface area contributed by atoms with Gasteiger partial charge in [0.2, 0.25) is 0 Å². The third kappa shape index (κ3) is 1.92. The van der Waals surface area contributed by atoms with Crippen LogP contribution in [0.1, 0.15) is 6.42 Å². The molecule has 1 radical (unpaired) electrons. The van der Waals surface area contributed by atoms with Gasteiger partial charge in [-0.1, -0.05) is 0 Å². The van der Waals surface area contributed by atoms with E-state index in [1.165, 1.54) is 13.0 Å². The van der Waals surface area contributed by atoms with Gasteiger partial charge in [0.05, 0.1) is 13.2 Å². The first-order chi connectivity index (χ1) is 5.45. The van der Waals surface area contributed by atoms with Gasteiger partial charge in [0.15, 0.2) is 6.29 Å². The molecule has 2 rings (SSSR count). The van der Waals surface area contributed by atoms with Crippen molar-refractivity contribution in [2.75, 3.05) is 32.8 Å². The first-order valence-electron chi connectivity index (χ1n) is 4.22. The lowest BCUT2D eigenvalue weighted by molar-refractivity contribution is -0.0582. The Bertz CT molecular complexity index is 103. The summed E-state index contributed by atoms with van der Waals surface area (Å²) in [7, 11) is 0. The van der Waals surface area contributed by atoms with Crippen LogP contribution in [-0.4, -0.2) is 44.0 Å². The van der Waals surface area contributed by atoms with E-state index in [1.807, 2.05) is 0 Å². The smallest absolute Gasteiger partial charge is 0.170 e. The summed E-state index contributed by atoms with van der Waals surface area (Å²) < 4.78 is 10.7. The number of hydrogen-bond donors (Lipinski definition) is 0. The number of hydrogen-bond acceptors (Lipinski definition) is 3. The summed E-state index contributed by atoms with van der Waals surface area (Å²) in [5.41, 5.74) is 0. The number of nitrogens with zero attached hydrogens (tertiary/aromatic N) is 1. The Morgan fingerprint density at radius 2 is 2.18 bits per heavy atom. The predicted octanol–water partition coefficient (Wildman–Crippen LogP) is 0.269. The second-order valence-electron chi connectivity index (χ2n) is 3.01. The molecule has 0 atom stereocenters. The molecule has 2 heterocycles. The van der Waals surface area contributed by atoms with Crippen molar-refractivity contribution in [3.63, 3.8) is 0 Å². The minimum atomic E-state index is 0.0431. The zero-order valence-electron chi connectivity index (χ0n) is 6.66. The highest BCUT2D eigenvalue weighted by Gasteiger charge is 2.21. The molecule has 2 fully saturated rings. The Hall–Kier alpha value is -0.120. The van der Waals surface area contributed by atoms with Gasteiger partial charge in [-0.25, -0.2) is 0 Å². The van der Waals surface area contributed by atoms with E-state index >= 15 is 0 Å². The van der Waals surface area contributed by atoms with Crippen LogP contribution in [0.25, 0.3) is 0 Å². The maximum atomic E-state index is 5.34. The van der Waals surface area contributed by atoms with Gasteiger partial charge in [-0.15, -0.1) is 0 Å². The van der Waals surface area contributed by atoms with Crippen molar-refractivity contribution >= 4 is 0 Å². The van der Waals surface area contributed by atoms with E-state index in [1.54, 1.807) is 0 Å². The van der Waals surface area contributed by atoms with Gasteiger partial charge in [0, 0.05) is 13.1 Å². The van der Waals surface area contributed by atoms with Gasteiger partial charge >= 0.3 is 0 Å². The molecule has 11 heavy (non-hydrogen) atoms. The van der Waals surface area contributed by atoms with E-state index in [-0.39, 0.29) is 6.29 Å². The Morgan fingerprint density at radius 1 is 1.36 bits per heavy atom. The Balaban J connectivity index is 1.71. The van der Waals surface area contributed by atoms with Gasteiger partial charge in [0.25, 0.3) is 0 Å². The Morgan fingerprint density at radius 3 is 2.82 bits per heavy atom. The minimum Gasteiger partial charge on any atom is -0.349 e. The molecule has 2 aliphatic heterocycles. The molecule has 0 saturated carbocycles. The molecule has 2 saturated heterocycles. The topological polar surface area (TPSA) is 21.7 Å². The molecule has 3 heteroatoms. The van der Waals surface area contributed by atoms with Crippen LogP contribution < -0.4 is 0 Å². The van der Waals surface area contributed by atoms with Crippen LogP contribution in [0.15, 0.2) is 0 Å². The summed E-state index contributed by atoms with van der Waals surface area (Å²) in [5.74, 6) is 0. The SMILES string of the molecule is [CH]1CCN(CC2OCCO2)C1. The first-order valence-corrected chi connectivity index (χ1v) is 4.22. The highest BCUT2D eigenvalue weighted by Crippen LogP contribution is 2.11. The molecular formula is C8H14NO2. The normalized spacial score (nSPS) is 28.4. The van der Waals surface area contributed by atoms with Crippen LogP contribution in [0.3, 0.4) is 0 Å². The Kier molecular flexibility index (Phi) is 2.41. The molecule has 0 aromatic rings. The van der Waals surface area contributed by atoms with Gasteiger partial charge in [-0.3, -0.25) is 4.90 Å². The highest BCUT2D eigenvalue weighted by molar-refractivity contribution is 4.81. The summed E-state index contributed by atoms with van der Waals surface area (Å²) >= 11 is 0. The molecule has 3 nitrogen and oxygen atoms in total. The van der Waals surface area contributed by atoms with Crippen LogP contribution in [0.2, 0.25) is 0 Å². The zero-order chi connectivity index (χ0) is 7.52. The van der Waals surface area contributed by atoms with Crippen LogP contribution in [0.4, 0.5) is 0 Å². The summed E-state index contributed by atoms with van der Waals surface area (Å²) in [5, 5.41) is 0. The molecule has 0 spiro atoms. The highest BCUT2D eigenvalue weighted by atomic mass is 16.7. The van der Waals surface area contributed by atoms with E-state index in [4.69, 9.17) is 9.47 Å². The zero-order valence-corrected chi connectivity index (χ0v) is 6.66. The van der Waals surface area contributed by atoms with Crippen LogP contribution >= 0.6 is 0 Å². The number of likely N-dealkylation sites (tertiary alicyclic amines) is 1. The van der Waals surface area contributed by atoms with Crippen molar-refractivity contribution in [2.24, 2.45) is 0 Å². The molecule has 0 unspecified atom stereocenters. The standard InChI is InChI=1S/C8H14NO2/c1-2-4-9(3-1)7-8-10-5-6-11-8/h1,8H,2-7H2. The molecule has 0 N–H and O–H groups in total. The van der Waals surface area contributed by atoms with E-state index in [2.05, 4.69) is 11.3 Å². The molecule has 2 aliphatic rings. The van der Waals surface area contributed by atoms with E-state index in [0.717, 1.165) is 26.3 Å². The molecular weight excluding hydrogens is 142 g/mol. The molecule has 0 bridgehead atoms. The van der Waals surface area contributed by atoms with Crippen molar-refractivity contribution in [2.45, 2.75) is 12.7 Å². The third-order valence-corrected chi connectivity index (χ3v) is 2.13. The molecule has 0 amide bonds. The third-order valence-electron chi connectivity index (χ3n) is 2.13. The van der Waals surface area contributed by atoms with Crippen molar-refractivity contribution in [3.8, 4) is 0 Å². The molecule has 63 valence electrons. The van der Waals surface area contributed by atoms with Gasteiger partial charge < -0.3 is 9.47 Å². The average Bonchev–Trinajstić information content (AvgIpc) is 2.60. The van der Waals surface area contributed by atoms with Crippen LogP contribution in [0.5, 0.6) is 0 Å². The van der Waals surface area contributed by atoms with Gasteiger partial charge in [-0.05, 0) is 19.4 Å². The summed E-state index contributed by atoms with van der Waals surface area (Å²) in [6.07, 6.45) is 3.56. The maximum absolute atomic E-state index is 5.34. The van der Waals surface area contributed by atoms with E-state index < -0.39 is 0 Å². The first kappa shape index (κ1) is 7.53. The fourth-order valence-electron chi connectivity index (χ4n) is 1.53. The van der Waals surface area contributed by atoms with Crippen LogP contribution in [0, 0.1) is 6.42 Å². The molecule has 0 aromatic heterocycles. The fraction of sp³-hybridized carbons (Fsp3) is 0.875. The number of ether oxygens (including phenoxy) is 2. The Labute approximate surface area is 67.3 Å². The largest absolute Gasteiger partial charge is 0.349 e. The summed E-state index contributed by atoms with van der Waals surface area (Å²) in [6, 6.07) is 0. The maximum Gasteiger partial charge on any atom is 0.170 e. The second kappa shape index (κ2) is 3.52. The lowest BCUT2D eigenvalue weighted by Crippen LogP contribution is -2.30. The molecule has 0 aliphatic carbocycles. The predicted molar refractivity (Wildman–Crippen MR) is 41.0 cm³/mol. The summed E-state index contributed by atoms with van der Waals surface area (Å²) in [6.45, 7) is 4.74. The minimum absolute atomic E-state index is 0.0431. The fourth-order valence-corrected chi connectivity index (χ4v) is 1.53. The summed E-state index contributed by atoms with van der Waals surface area (Å²) in [4.78, 5) is 2.36. The molecule has 0 aromatic carbocycles. The van der Waals surface area contributed by atoms with Gasteiger partial charge in [0.1, 0.15) is 0 Å². The van der Waals surface area contributed by atoms with E-state index in [0.29, 0.717) is 0 Å². The monoisotopic (exact) mass is 156 g/mol. The van der Waals surface area contributed by atoms with Crippen molar-refractivity contribution in [1.29, 1.82) is 0 Å². The van der Waals surface area contributed by atoms with Crippen molar-refractivity contribution < 1.29 is 9.47 Å². The number of rotatable bonds is 2. The lowest BCUT2D eigenvalue weighted by atomic mass is 10.4. The van der Waals surface area contributed by atoms with E-state index in [9.17, 15) is 0 Å². The average molecular weight is 156 g/mol. The second-order valence-corrected chi connectivity index (χ2v) is 3.01. The van der Waals surface area contributed by atoms with Crippen molar-refractivity contribution in [3.05, 3.63) is 6.42 Å². The van der Waals surface area contributed by atoms with Crippen LogP contribution in [-0.2, 0) is 9.47 Å². The van der Waals surface area contributed by atoms with Gasteiger partial charge in [-0.2, -0.15) is 0 Å². The van der Waals surface area contributed by atoms with Crippen molar-refractivity contribution in [1.82, 2.24) is 4.90 Å².